The van der Waals surface area contributed by atoms with E-state index >= 15 is 0 Å². The molecule has 0 unspecified atom stereocenters. The molecule has 0 amide bonds. The molecule has 3 rings (SSSR count). The fraction of sp³-hybridized carbons (Fsp3) is 0. The Labute approximate surface area is 102 Å². The molecule has 0 aliphatic heterocycles. The van der Waals surface area contributed by atoms with Crippen LogP contribution in [0.2, 0.25) is 0 Å². The van der Waals surface area contributed by atoms with Gasteiger partial charge < -0.3 is 0 Å². The van der Waals surface area contributed by atoms with Gasteiger partial charge in [-0.1, -0.05) is 11.3 Å². The van der Waals surface area contributed by atoms with Crippen LogP contribution in [0.4, 0.5) is 0 Å². The van der Waals surface area contributed by atoms with Gasteiger partial charge in [-0.15, -0.1) is 10.2 Å². The van der Waals surface area contributed by atoms with Crippen LogP contribution < -0.4 is 0 Å². The molecule has 3 aromatic rings. The minimum atomic E-state index is 0.872. The van der Waals surface area contributed by atoms with E-state index in [0.29, 0.717) is 0 Å². The minimum Gasteiger partial charge on any atom is -0.264 e. The lowest BCUT2D eigenvalue weighted by Gasteiger charge is -1.92. The Morgan fingerprint density at radius 2 is 1.29 bits per heavy atom. The van der Waals surface area contributed by atoms with Crippen molar-refractivity contribution in [2.24, 2.45) is 0 Å². The van der Waals surface area contributed by atoms with Crippen molar-refractivity contribution in [2.45, 2.75) is 0 Å². The van der Waals surface area contributed by atoms with Gasteiger partial charge in [-0.3, -0.25) is 9.97 Å². The van der Waals surface area contributed by atoms with Gasteiger partial charge in [-0.25, -0.2) is 0 Å². The Bertz CT molecular complexity index is 553. The molecule has 0 N–H and O–H groups in total. The Balaban J connectivity index is 1.99. The highest BCUT2D eigenvalue weighted by Gasteiger charge is 2.07. The number of nitrogens with zero attached hydrogens (tertiary/aromatic N) is 4. The molecule has 0 aromatic carbocycles. The molecule has 0 spiro atoms. The van der Waals surface area contributed by atoms with E-state index in [1.54, 1.807) is 24.8 Å². The smallest absolute Gasteiger partial charge is 0.149 e. The maximum atomic E-state index is 4.16. The van der Waals surface area contributed by atoms with E-state index in [4.69, 9.17) is 0 Å². The summed E-state index contributed by atoms with van der Waals surface area (Å²) in [5.74, 6) is 0. The molecule has 0 aliphatic carbocycles. The Morgan fingerprint density at radius 1 is 0.765 bits per heavy atom. The average molecular weight is 240 g/mol. The SMILES string of the molecule is c1cncc(-c2nnc(-c3cccnc3)s2)c1. The fourth-order valence-electron chi connectivity index (χ4n) is 1.44. The summed E-state index contributed by atoms with van der Waals surface area (Å²) in [6, 6.07) is 7.72. The lowest BCUT2D eigenvalue weighted by Crippen LogP contribution is -1.78. The monoisotopic (exact) mass is 240 g/mol. The van der Waals surface area contributed by atoms with Crippen molar-refractivity contribution in [3.63, 3.8) is 0 Å². The summed E-state index contributed by atoms with van der Waals surface area (Å²) in [6.45, 7) is 0. The van der Waals surface area contributed by atoms with Crippen molar-refractivity contribution in [1.29, 1.82) is 0 Å². The van der Waals surface area contributed by atoms with E-state index in [-0.39, 0.29) is 0 Å². The van der Waals surface area contributed by atoms with Crippen molar-refractivity contribution in [1.82, 2.24) is 20.2 Å². The number of hydrogen-bond acceptors (Lipinski definition) is 5. The Morgan fingerprint density at radius 3 is 1.71 bits per heavy atom. The summed E-state index contributed by atoms with van der Waals surface area (Å²) in [5.41, 5.74) is 1.97. The third-order valence-corrected chi connectivity index (χ3v) is 3.26. The maximum Gasteiger partial charge on any atom is 0.149 e. The molecular formula is C12H8N4S. The van der Waals surface area contributed by atoms with E-state index in [0.717, 1.165) is 21.1 Å². The van der Waals surface area contributed by atoms with Gasteiger partial charge in [0.25, 0.3) is 0 Å². The second-order valence-corrected chi connectivity index (χ2v) is 4.37. The molecule has 5 heteroatoms. The normalized spacial score (nSPS) is 10.4. The molecule has 0 saturated carbocycles. The first-order valence-electron chi connectivity index (χ1n) is 5.08. The number of pyridine rings is 2. The Kier molecular flexibility index (Phi) is 2.59. The van der Waals surface area contributed by atoms with Crippen molar-refractivity contribution in [3.8, 4) is 21.1 Å². The molecule has 0 fully saturated rings. The second kappa shape index (κ2) is 4.39. The maximum absolute atomic E-state index is 4.16. The molecule has 3 heterocycles. The quantitative estimate of drug-likeness (QED) is 0.691. The summed E-state index contributed by atoms with van der Waals surface area (Å²) < 4.78 is 0. The van der Waals surface area contributed by atoms with Gasteiger partial charge in [0, 0.05) is 35.9 Å². The van der Waals surface area contributed by atoms with Gasteiger partial charge in [-0.05, 0) is 24.3 Å². The second-order valence-electron chi connectivity index (χ2n) is 3.40. The molecule has 3 aromatic heterocycles. The molecule has 0 aliphatic rings. The van der Waals surface area contributed by atoms with E-state index in [2.05, 4.69) is 20.2 Å². The predicted molar refractivity (Wildman–Crippen MR) is 66.4 cm³/mol. The molecule has 0 saturated heterocycles. The summed E-state index contributed by atoms with van der Waals surface area (Å²) in [5, 5.41) is 10.1. The number of rotatable bonds is 2. The van der Waals surface area contributed by atoms with Crippen LogP contribution in [0, 0.1) is 0 Å². The molecule has 4 nitrogen and oxygen atoms in total. The molecule has 0 atom stereocenters. The molecule has 17 heavy (non-hydrogen) atoms. The molecule has 82 valence electrons. The van der Waals surface area contributed by atoms with Crippen LogP contribution in [0.25, 0.3) is 21.1 Å². The van der Waals surface area contributed by atoms with Crippen molar-refractivity contribution < 1.29 is 0 Å². The summed E-state index contributed by atoms with van der Waals surface area (Å²) in [6.07, 6.45) is 7.06. The van der Waals surface area contributed by atoms with E-state index in [1.807, 2.05) is 24.3 Å². The highest BCUT2D eigenvalue weighted by Crippen LogP contribution is 2.28. The molecular weight excluding hydrogens is 232 g/mol. The highest BCUT2D eigenvalue weighted by atomic mass is 32.1. The van der Waals surface area contributed by atoms with Crippen LogP contribution in [0.3, 0.4) is 0 Å². The van der Waals surface area contributed by atoms with Crippen molar-refractivity contribution >= 4 is 11.3 Å². The van der Waals surface area contributed by atoms with Crippen LogP contribution >= 0.6 is 11.3 Å². The van der Waals surface area contributed by atoms with Crippen LogP contribution in [0.15, 0.2) is 49.1 Å². The minimum absolute atomic E-state index is 0.872. The zero-order chi connectivity index (χ0) is 11.5. The van der Waals surface area contributed by atoms with Gasteiger partial charge in [-0.2, -0.15) is 0 Å². The predicted octanol–water partition coefficient (Wildman–Crippen LogP) is 2.66. The van der Waals surface area contributed by atoms with Gasteiger partial charge in [0.2, 0.25) is 0 Å². The largest absolute Gasteiger partial charge is 0.264 e. The summed E-state index contributed by atoms with van der Waals surface area (Å²) >= 11 is 1.54. The number of hydrogen-bond donors (Lipinski definition) is 0. The first-order valence-corrected chi connectivity index (χ1v) is 5.89. The first kappa shape index (κ1) is 10.0. The van der Waals surface area contributed by atoms with Crippen molar-refractivity contribution in [2.75, 3.05) is 0 Å². The van der Waals surface area contributed by atoms with Crippen LogP contribution in [0.1, 0.15) is 0 Å². The lowest BCUT2D eigenvalue weighted by atomic mass is 10.3. The third kappa shape index (κ3) is 2.05. The molecule has 0 bridgehead atoms. The zero-order valence-corrected chi connectivity index (χ0v) is 9.63. The lowest BCUT2D eigenvalue weighted by molar-refractivity contribution is 1.09. The average Bonchev–Trinajstić information content (AvgIpc) is 2.90. The van der Waals surface area contributed by atoms with Crippen LogP contribution in [-0.2, 0) is 0 Å². The topological polar surface area (TPSA) is 51.6 Å². The molecule has 0 radical (unpaired) electrons. The first-order chi connectivity index (χ1) is 8.43. The van der Waals surface area contributed by atoms with Crippen LogP contribution in [0.5, 0.6) is 0 Å². The Hall–Kier alpha value is -2.14. The van der Waals surface area contributed by atoms with Gasteiger partial charge in [0.05, 0.1) is 0 Å². The number of aromatic nitrogens is 4. The zero-order valence-electron chi connectivity index (χ0n) is 8.82. The summed E-state index contributed by atoms with van der Waals surface area (Å²) in [4.78, 5) is 8.14. The fourth-order valence-corrected chi connectivity index (χ4v) is 2.26. The van der Waals surface area contributed by atoms with Gasteiger partial charge in [0.1, 0.15) is 10.0 Å². The van der Waals surface area contributed by atoms with E-state index < -0.39 is 0 Å². The highest BCUT2D eigenvalue weighted by molar-refractivity contribution is 7.17. The summed E-state index contributed by atoms with van der Waals surface area (Å²) in [7, 11) is 0. The van der Waals surface area contributed by atoms with Gasteiger partial charge >= 0.3 is 0 Å². The standard InChI is InChI=1S/C12H8N4S/c1-3-9(7-13-5-1)11-15-16-12(17-11)10-4-2-6-14-8-10/h1-8H. The van der Waals surface area contributed by atoms with E-state index in [9.17, 15) is 0 Å². The van der Waals surface area contributed by atoms with E-state index in [1.165, 1.54) is 11.3 Å². The van der Waals surface area contributed by atoms with Crippen molar-refractivity contribution in [3.05, 3.63) is 49.1 Å². The van der Waals surface area contributed by atoms with Crippen LogP contribution in [-0.4, -0.2) is 20.2 Å². The van der Waals surface area contributed by atoms with Gasteiger partial charge in [0.15, 0.2) is 0 Å². The third-order valence-electron chi connectivity index (χ3n) is 2.24.